The second-order valence-corrected chi connectivity index (χ2v) is 10.6. The Morgan fingerprint density at radius 2 is 1.94 bits per heavy atom. The van der Waals surface area contributed by atoms with Gasteiger partial charge in [0.15, 0.2) is 10.9 Å². The zero-order valence-corrected chi connectivity index (χ0v) is 18.6. The summed E-state index contributed by atoms with van der Waals surface area (Å²) in [5.74, 6) is -0.585. The van der Waals surface area contributed by atoms with Crippen molar-refractivity contribution in [2.75, 3.05) is 5.32 Å². The number of H-pyrrole nitrogens is 1. The van der Waals surface area contributed by atoms with E-state index in [0.717, 1.165) is 0 Å². The summed E-state index contributed by atoms with van der Waals surface area (Å²) in [7, 11) is 0. The summed E-state index contributed by atoms with van der Waals surface area (Å²) in [6, 6.07) is 6.28. The van der Waals surface area contributed by atoms with Gasteiger partial charge < -0.3 is 10.3 Å². The molecule has 0 radical (unpaired) electrons. The average Bonchev–Trinajstić information content (AvgIpc) is 2.64. The fourth-order valence-electron chi connectivity index (χ4n) is 4.38. The Bertz CT molecular complexity index is 1180. The van der Waals surface area contributed by atoms with Crippen LogP contribution < -0.4 is 10.9 Å². The summed E-state index contributed by atoms with van der Waals surface area (Å²) in [4.78, 5) is 45.1. The molecule has 31 heavy (non-hydrogen) atoms. The van der Waals surface area contributed by atoms with E-state index in [-0.39, 0.29) is 27.7 Å². The molecule has 1 unspecified atom stereocenters. The first-order valence-corrected chi connectivity index (χ1v) is 11.0. The van der Waals surface area contributed by atoms with Gasteiger partial charge in [-0.2, -0.15) is 0 Å². The zero-order chi connectivity index (χ0) is 22.5. The Balaban J connectivity index is 2.00. The predicted molar refractivity (Wildman–Crippen MR) is 119 cm³/mol. The van der Waals surface area contributed by atoms with Gasteiger partial charge in [-0.3, -0.25) is 19.7 Å². The average molecular weight is 441 g/mol. The number of fused-ring (bicyclic) bond motifs is 1. The van der Waals surface area contributed by atoms with E-state index in [1.165, 1.54) is 17.8 Å². The van der Waals surface area contributed by atoms with Gasteiger partial charge in [0.1, 0.15) is 5.82 Å². The van der Waals surface area contributed by atoms with Gasteiger partial charge in [-0.15, -0.1) is 0 Å². The number of ketones is 1. The highest BCUT2D eigenvalue weighted by Gasteiger charge is 2.44. The number of nitrogens with zero attached hydrogens (tertiary/aromatic N) is 2. The van der Waals surface area contributed by atoms with Gasteiger partial charge in [-0.1, -0.05) is 57.7 Å². The number of carbonyl (C=O) groups excluding carboxylic acids is 1. The molecule has 0 amide bonds. The molecule has 8 nitrogen and oxygen atoms in total. The summed E-state index contributed by atoms with van der Waals surface area (Å²) in [5.41, 5.74) is 0.914. The van der Waals surface area contributed by atoms with E-state index in [1.54, 1.807) is 18.2 Å². The molecule has 0 spiro atoms. The zero-order valence-electron chi connectivity index (χ0n) is 17.8. The lowest BCUT2D eigenvalue weighted by Gasteiger charge is -2.38. The first kappa shape index (κ1) is 21.3. The number of allylic oxidation sites excluding steroid dienone is 2. The highest BCUT2D eigenvalue weighted by Crippen LogP contribution is 2.49. The van der Waals surface area contributed by atoms with Crippen molar-refractivity contribution in [2.45, 2.75) is 56.9 Å². The smallest absolute Gasteiger partial charge is 0.273 e. The summed E-state index contributed by atoms with van der Waals surface area (Å²) >= 11 is 1.42. The van der Waals surface area contributed by atoms with Gasteiger partial charge in [0.05, 0.1) is 16.4 Å². The highest BCUT2D eigenvalue weighted by molar-refractivity contribution is 7.99. The van der Waals surface area contributed by atoms with Gasteiger partial charge in [0.2, 0.25) is 0 Å². The number of aromatic nitrogens is 2. The molecule has 1 aromatic heterocycles. The summed E-state index contributed by atoms with van der Waals surface area (Å²) in [6.07, 6.45) is 0.901. The summed E-state index contributed by atoms with van der Waals surface area (Å²) in [5, 5.41) is 15.7. The van der Waals surface area contributed by atoms with Crippen LogP contribution in [0, 0.1) is 15.5 Å². The lowest BCUT2D eigenvalue weighted by molar-refractivity contribution is -0.385. The Morgan fingerprint density at radius 1 is 1.23 bits per heavy atom. The van der Waals surface area contributed by atoms with E-state index in [1.807, 2.05) is 27.7 Å². The van der Waals surface area contributed by atoms with Crippen molar-refractivity contribution < 1.29 is 9.72 Å². The standard InChI is InChI=1S/C22H24N4O4S/c1-11(2)31-21-24-19-18(20(28)25-21)16(12-7-5-6-8-14(12)26(29)30)17-13(23-19)9-22(3,4)10-15(17)27/h5-8,11,16H,9-10H2,1-4H3,(H2,23,24,25,28). The molecule has 0 fully saturated rings. The Morgan fingerprint density at radius 3 is 2.61 bits per heavy atom. The number of para-hydroxylation sites is 1. The quantitative estimate of drug-likeness (QED) is 0.313. The summed E-state index contributed by atoms with van der Waals surface area (Å²) in [6.45, 7) is 8.02. The normalized spacial score (nSPS) is 19.6. The lowest BCUT2D eigenvalue weighted by atomic mass is 9.69. The number of hydrogen-bond donors (Lipinski definition) is 2. The van der Waals surface area contributed by atoms with E-state index >= 15 is 0 Å². The fourth-order valence-corrected chi connectivity index (χ4v) is 5.12. The number of rotatable bonds is 4. The molecule has 4 rings (SSSR count). The van der Waals surface area contributed by atoms with Crippen molar-refractivity contribution in [2.24, 2.45) is 5.41 Å². The van der Waals surface area contributed by atoms with Crippen molar-refractivity contribution in [3.8, 4) is 0 Å². The van der Waals surface area contributed by atoms with E-state index in [9.17, 15) is 19.7 Å². The van der Waals surface area contributed by atoms with E-state index in [2.05, 4.69) is 15.3 Å². The van der Waals surface area contributed by atoms with Crippen LogP contribution in [0.25, 0.3) is 0 Å². The third kappa shape index (κ3) is 3.89. The van der Waals surface area contributed by atoms with E-state index in [0.29, 0.717) is 40.6 Å². The molecule has 1 atom stereocenters. The van der Waals surface area contributed by atoms with Crippen LogP contribution in [0.15, 0.2) is 45.5 Å². The van der Waals surface area contributed by atoms with Gasteiger partial charge >= 0.3 is 0 Å². The number of aromatic amines is 1. The topological polar surface area (TPSA) is 118 Å². The van der Waals surface area contributed by atoms with Crippen molar-refractivity contribution in [1.29, 1.82) is 0 Å². The molecule has 0 saturated heterocycles. The monoisotopic (exact) mass is 440 g/mol. The van der Waals surface area contributed by atoms with Gasteiger partial charge in [-0.05, 0) is 11.8 Å². The Kier molecular flexibility index (Phi) is 5.25. The largest absolute Gasteiger partial charge is 0.343 e. The molecule has 2 aromatic rings. The maximum Gasteiger partial charge on any atom is 0.273 e. The molecule has 9 heteroatoms. The van der Waals surface area contributed by atoms with E-state index in [4.69, 9.17) is 0 Å². The van der Waals surface area contributed by atoms with Crippen LogP contribution in [0.3, 0.4) is 0 Å². The molecule has 0 saturated carbocycles. The first-order chi connectivity index (χ1) is 14.6. The molecule has 2 aliphatic rings. The van der Waals surface area contributed by atoms with Crippen molar-refractivity contribution in [3.05, 3.63) is 67.1 Å². The first-order valence-electron chi connectivity index (χ1n) is 10.1. The third-order valence-corrected chi connectivity index (χ3v) is 6.38. The number of anilines is 1. The Labute approximate surface area is 183 Å². The molecule has 1 aliphatic heterocycles. The maximum absolute atomic E-state index is 13.2. The van der Waals surface area contributed by atoms with Crippen LogP contribution in [0.2, 0.25) is 0 Å². The minimum Gasteiger partial charge on any atom is -0.343 e. The minimum absolute atomic E-state index is 0.104. The van der Waals surface area contributed by atoms with Gasteiger partial charge in [0, 0.05) is 34.6 Å². The number of thioether (sulfide) groups is 1. The second-order valence-electron chi connectivity index (χ2n) is 9.01. The SMILES string of the molecule is CC(C)Sc1nc2c(c(=O)[nH]1)C(c1ccccc1[N+](=O)[O-])C1=C(CC(C)(C)CC1=O)N2. The van der Waals surface area contributed by atoms with Crippen LogP contribution in [0.4, 0.5) is 11.5 Å². The highest BCUT2D eigenvalue weighted by atomic mass is 32.2. The summed E-state index contributed by atoms with van der Waals surface area (Å²) < 4.78 is 0. The molecular formula is C22H24N4O4S. The molecule has 2 N–H and O–H groups in total. The van der Waals surface area contributed by atoms with Crippen molar-refractivity contribution in [1.82, 2.24) is 9.97 Å². The number of nitrogens with one attached hydrogen (secondary N) is 2. The second kappa shape index (κ2) is 7.64. The molecule has 2 heterocycles. The van der Waals surface area contributed by atoms with Crippen LogP contribution >= 0.6 is 11.8 Å². The number of hydrogen-bond acceptors (Lipinski definition) is 7. The predicted octanol–water partition coefficient (Wildman–Crippen LogP) is 4.38. The maximum atomic E-state index is 13.2. The number of nitro benzene ring substituents is 1. The van der Waals surface area contributed by atoms with Crippen LogP contribution in [0.1, 0.15) is 57.6 Å². The number of benzene rings is 1. The minimum atomic E-state index is -0.842. The lowest BCUT2D eigenvalue weighted by Crippen LogP contribution is -2.37. The van der Waals surface area contributed by atoms with Crippen molar-refractivity contribution >= 4 is 29.1 Å². The molecule has 162 valence electrons. The van der Waals surface area contributed by atoms with Crippen molar-refractivity contribution in [3.63, 3.8) is 0 Å². The molecule has 1 aromatic carbocycles. The van der Waals surface area contributed by atoms with Gasteiger partial charge in [0.25, 0.3) is 11.2 Å². The number of Topliss-reactive ketones (excluding diaryl/α,β-unsaturated/α-hetero) is 1. The third-order valence-electron chi connectivity index (χ3n) is 5.49. The fraction of sp³-hybridized carbons (Fsp3) is 0.409. The number of carbonyl (C=O) groups is 1. The van der Waals surface area contributed by atoms with Crippen LogP contribution in [-0.2, 0) is 4.79 Å². The van der Waals surface area contributed by atoms with E-state index < -0.39 is 16.4 Å². The number of nitro groups is 1. The van der Waals surface area contributed by atoms with Gasteiger partial charge in [-0.25, -0.2) is 4.98 Å². The molecular weight excluding hydrogens is 416 g/mol. The molecule has 1 aliphatic carbocycles. The molecule has 0 bridgehead atoms. The van der Waals surface area contributed by atoms with Crippen LogP contribution in [-0.4, -0.2) is 25.9 Å². The van der Waals surface area contributed by atoms with Crippen LogP contribution in [0.5, 0.6) is 0 Å². The Hall–Kier alpha value is -2.94.